The van der Waals surface area contributed by atoms with Crippen molar-refractivity contribution in [1.82, 2.24) is 4.90 Å². The zero-order valence-corrected chi connectivity index (χ0v) is 15.3. The third kappa shape index (κ3) is 3.86. The molecule has 1 aliphatic heterocycles. The lowest BCUT2D eigenvalue weighted by Gasteiger charge is -2.26. The number of carbonyl (C=O) groups is 3. The molecule has 2 amide bonds. The van der Waals surface area contributed by atoms with Gasteiger partial charge in [0.25, 0.3) is 0 Å². The van der Waals surface area contributed by atoms with E-state index in [2.05, 4.69) is 0 Å². The molecule has 0 aromatic heterocycles. The van der Waals surface area contributed by atoms with E-state index in [4.69, 9.17) is 11.6 Å². The van der Waals surface area contributed by atoms with Crippen molar-refractivity contribution < 1.29 is 14.4 Å². The number of rotatable bonds is 1. The van der Waals surface area contributed by atoms with Gasteiger partial charge < -0.3 is 0 Å². The minimum atomic E-state index is -0.332. The first-order chi connectivity index (χ1) is 12.5. The van der Waals surface area contributed by atoms with Crippen molar-refractivity contribution in [2.45, 2.75) is 32.1 Å². The summed E-state index contributed by atoms with van der Waals surface area (Å²) in [6, 6.07) is 14.8. The fourth-order valence-corrected chi connectivity index (χ4v) is 3.62. The molecule has 0 spiro atoms. The molecule has 26 heavy (non-hydrogen) atoms. The smallest absolute Gasteiger partial charge is 0.230 e. The van der Waals surface area contributed by atoms with Crippen molar-refractivity contribution >= 4 is 29.2 Å². The highest BCUT2D eigenvalue weighted by Gasteiger charge is 2.28. The quantitative estimate of drug-likeness (QED) is 0.756. The second-order valence-corrected chi connectivity index (χ2v) is 6.93. The SMILES string of the molecule is CC(=O)N1CCCC(=O)c2ccc(Cl)cc2C(c2ccccc2)CC1=O. The zero-order valence-electron chi connectivity index (χ0n) is 14.6. The van der Waals surface area contributed by atoms with Crippen molar-refractivity contribution in [3.05, 3.63) is 70.2 Å². The number of halogens is 1. The Balaban J connectivity index is 2.15. The van der Waals surface area contributed by atoms with Gasteiger partial charge >= 0.3 is 0 Å². The van der Waals surface area contributed by atoms with Crippen LogP contribution in [0.1, 0.15) is 53.6 Å². The van der Waals surface area contributed by atoms with Crippen molar-refractivity contribution in [3.63, 3.8) is 0 Å². The number of carbonyl (C=O) groups excluding carboxylic acids is 3. The van der Waals surface area contributed by atoms with Gasteiger partial charge in [-0.05, 0) is 35.7 Å². The molecule has 0 N–H and O–H groups in total. The zero-order chi connectivity index (χ0) is 18.7. The van der Waals surface area contributed by atoms with Crippen LogP contribution in [0.15, 0.2) is 48.5 Å². The number of nitrogens with zero attached hydrogens (tertiary/aromatic N) is 1. The fraction of sp³-hybridized carbons (Fsp3) is 0.286. The Labute approximate surface area is 157 Å². The summed E-state index contributed by atoms with van der Waals surface area (Å²) in [6.45, 7) is 1.65. The molecule has 1 heterocycles. The second-order valence-electron chi connectivity index (χ2n) is 6.49. The van der Waals surface area contributed by atoms with Crippen LogP contribution < -0.4 is 0 Å². The lowest BCUT2D eigenvalue weighted by atomic mass is 9.83. The molecular weight excluding hydrogens is 350 g/mol. The van der Waals surface area contributed by atoms with Gasteiger partial charge in [0.1, 0.15) is 0 Å². The summed E-state index contributed by atoms with van der Waals surface area (Å²) in [4.78, 5) is 38.7. The number of benzene rings is 2. The molecule has 1 atom stereocenters. The van der Waals surface area contributed by atoms with E-state index < -0.39 is 0 Å². The number of fused-ring (bicyclic) bond motifs is 1. The first-order valence-electron chi connectivity index (χ1n) is 8.66. The van der Waals surface area contributed by atoms with Gasteiger partial charge in [0.05, 0.1) is 0 Å². The van der Waals surface area contributed by atoms with Gasteiger partial charge in [0.2, 0.25) is 11.8 Å². The molecule has 134 valence electrons. The Morgan fingerprint density at radius 1 is 1.12 bits per heavy atom. The molecule has 4 nitrogen and oxygen atoms in total. The van der Waals surface area contributed by atoms with E-state index in [0.29, 0.717) is 17.0 Å². The largest absolute Gasteiger partial charge is 0.294 e. The van der Waals surface area contributed by atoms with Gasteiger partial charge in [-0.15, -0.1) is 0 Å². The molecule has 0 aliphatic carbocycles. The Morgan fingerprint density at radius 3 is 2.54 bits per heavy atom. The van der Waals surface area contributed by atoms with Crippen LogP contribution in [0.25, 0.3) is 0 Å². The summed E-state index contributed by atoms with van der Waals surface area (Å²) in [5.74, 6) is -0.843. The molecule has 2 aromatic rings. The van der Waals surface area contributed by atoms with E-state index >= 15 is 0 Å². The van der Waals surface area contributed by atoms with E-state index in [0.717, 1.165) is 11.1 Å². The highest BCUT2D eigenvalue weighted by atomic mass is 35.5. The molecule has 0 bridgehead atoms. The van der Waals surface area contributed by atoms with E-state index in [9.17, 15) is 14.4 Å². The van der Waals surface area contributed by atoms with Crippen molar-refractivity contribution in [2.24, 2.45) is 0 Å². The Bertz CT molecular complexity index is 848. The lowest BCUT2D eigenvalue weighted by molar-refractivity contribution is -0.143. The molecule has 0 radical (unpaired) electrons. The van der Waals surface area contributed by atoms with Crippen molar-refractivity contribution in [1.29, 1.82) is 0 Å². The minimum Gasteiger partial charge on any atom is -0.294 e. The van der Waals surface area contributed by atoms with E-state index in [1.165, 1.54) is 11.8 Å². The number of ketones is 1. The van der Waals surface area contributed by atoms with Gasteiger partial charge in [-0.1, -0.05) is 41.9 Å². The first-order valence-corrected chi connectivity index (χ1v) is 9.03. The molecule has 2 aromatic carbocycles. The van der Waals surface area contributed by atoms with Crippen molar-refractivity contribution in [3.8, 4) is 0 Å². The molecule has 0 fully saturated rings. The number of hydrogen-bond acceptors (Lipinski definition) is 3. The third-order valence-corrected chi connectivity index (χ3v) is 4.97. The molecule has 0 saturated heterocycles. The summed E-state index contributed by atoms with van der Waals surface area (Å²) in [5, 5.41) is 0.519. The highest BCUT2D eigenvalue weighted by molar-refractivity contribution is 6.30. The van der Waals surface area contributed by atoms with Crippen LogP contribution in [-0.4, -0.2) is 29.0 Å². The molecule has 3 rings (SSSR count). The van der Waals surface area contributed by atoms with Crippen LogP contribution >= 0.6 is 11.6 Å². The number of hydrogen-bond donors (Lipinski definition) is 0. The maximum Gasteiger partial charge on any atom is 0.230 e. The Hall–Kier alpha value is -2.46. The van der Waals surface area contributed by atoms with Crippen LogP contribution in [0, 0.1) is 0 Å². The van der Waals surface area contributed by atoms with Crippen LogP contribution in [0.4, 0.5) is 0 Å². The number of amides is 2. The van der Waals surface area contributed by atoms with Gasteiger partial charge in [-0.3, -0.25) is 19.3 Å². The van der Waals surface area contributed by atoms with Crippen LogP contribution in [0.5, 0.6) is 0 Å². The summed E-state index contributed by atoms with van der Waals surface area (Å²) in [6.07, 6.45) is 0.861. The molecule has 0 saturated carbocycles. The van der Waals surface area contributed by atoms with Gasteiger partial charge in [0, 0.05) is 42.8 Å². The maximum absolute atomic E-state index is 12.8. The normalized spacial score (nSPS) is 18.4. The predicted octanol–water partition coefficient (Wildman–Crippen LogP) is 4.21. The summed E-state index contributed by atoms with van der Waals surface area (Å²) >= 11 is 6.20. The van der Waals surface area contributed by atoms with Crippen LogP contribution in [-0.2, 0) is 9.59 Å². The first kappa shape index (κ1) is 18.3. The Morgan fingerprint density at radius 2 is 1.85 bits per heavy atom. The van der Waals surface area contributed by atoms with Crippen LogP contribution in [0.2, 0.25) is 5.02 Å². The van der Waals surface area contributed by atoms with E-state index in [-0.39, 0.29) is 42.9 Å². The molecule has 1 aliphatic rings. The van der Waals surface area contributed by atoms with Gasteiger partial charge in [0.15, 0.2) is 5.78 Å². The topological polar surface area (TPSA) is 54.5 Å². The lowest BCUT2D eigenvalue weighted by Crippen LogP contribution is -2.37. The Kier molecular flexibility index (Phi) is 5.52. The van der Waals surface area contributed by atoms with Crippen LogP contribution in [0.3, 0.4) is 0 Å². The average Bonchev–Trinajstić information content (AvgIpc) is 2.62. The monoisotopic (exact) mass is 369 g/mol. The molecular formula is C21H20ClNO3. The minimum absolute atomic E-state index is 0.00967. The molecule has 5 heteroatoms. The summed E-state index contributed by atoms with van der Waals surface area (Å²) in [7, 11) is 0. The second kappa shape index (κ2) is 7.83. The number of imide groups is 1. The summed E-state index contributed by atoms with van der Waals surface area (Å²) in [5.41, 5.74) is 2.26. The van der Waals surface area contributed by atoms with Gasteiger partial charge in [-0.25, -0.2) is 0 Å². The van der Waals surface area contributed by atoms with E-state index in [1.807, 2.05) is 30.3 Å². The number of Topliss-reactive ketones (excluding diaryl/α,β-unsaturated/α-hetero) is 1. The fourth-order valence-electron chi connectivity index (χ4n) is 3.44. The van der Waals surface area contributed by atoms with Gasteiger partial charge in [-0.2, -0.15) is 0 Å². The molecule has 1 unspecified atom stereocenters. The average molecular weight is 370 g/mol. The standard InChI is InChI=1S/C21H20ClNO3/c1-14(24)23-11-5-8-20(25)17-10-9-16(22)12-19(17)18(13-21(23)26)15-6-3-2-4-7-15/h2-4,6-7,9-10,12,18H,5,8,11,13H2,1H3. The predicted molar refractivity (Wildman–Crippen MR) is 100 cm³/mol. The highest BCUT2D eigenvalue weighted by Crippen LogP contribution is 2.34. The van der Waals surface area contributed by atoms with E-state index in [1.54, 1.807) is 18.2 Å². The maximum atomic E-state index is 12.8. The third-order valence-electron chi connectivity index (χ3n) is 4.74. The summed E-state index contributed by atoms with van der Waals surface area (Å²) < 4.78 is 0. The van der Waals surface area contributed by atoms with Crippen molar-refractivity contribution in [2.75, 3.05) is 6.54 Å².